The smallest absolute Gasteiger partial charge is 0.343 e. The normalized spacial score (nSPS) is 19.9. The summed E-state index contributed by atoms with van der Waals surface area (Å²) >= 11 is 0. The van der Waals surface area contributed by atoms with Crippen LogP contribution >= 0.6 is 0 Å². The Morgan fingerprint density at radius 2 is 1.85 bits per heavy atom. The standard InChI is InChI=1S/C18H20F3N3O3/c1-3-15(25)22-13-6-4-12(5-7-13)16(26)24-9-8-11(2)14(10-24)23-17(27)18(19,20)21/h3-7,11,14H,1,8-10H2,2H3,(H,22,25)(H,23,27). The van der Waals surface area contributed by atoms with Crippen LogP contribution in [0, 0.1) is 5.92 Å². The Labute approximate surface area is 154 Å². The molecule has 0 aromatic heterocycles. The number of halogens is 3. The first-order valence-corrected chi connectivity index (χ1v) is 8.32. The van der Waals surface area contributed by atoms with Gasteiger partial charge in [-0.2, -0.15) is 13.2 Å². The van der Waals surface area contributed by atoms with Crippen LogP contribution in [0.5, 0.6) is 0 Å². The first kappa shape index (κ1) is 20.5. The molecule has 1 aliphatic rings. The Morgan fingerprint density at radius 1 is 1.22 bits per heavy atom. The summed E-state index contributed by atoms with van der Waals surface area (Å²) in [7, 11) is 0. The molecule has 3 amide bonds. The molecule has 2 atom stereocenters. The van der Waals surface area contributed by atoms with Gasteiger partial charge in [-0.15, -0.1) is 0 Å². The highest BCUT2D eigenvalue weighted by Gasteiger charge is 2.41. The average Bonchev–Trinajstić information content (AvgIpc) is 2.62. The van der Waals surface area contributed by atoms with Gasteiger partial charge in [-0.3, -0.25) is 14.4 Å². The topological polar surface area (TPSA) is 78.5 Å². The van der Waals surface area contributed by atoms with Crippen LogP contribution in [0.4, 0.5) is 18.9 Å². The van der Waals surface area contributed by atoms with Crippen LogP contribution < -0.4 is 10.6 Å². The third-order valence-electron chi connectivity index (χ3n) is 4.40. The molecule has 0 spiro atoms. The van der Waals surface area contributed by atoms with Crippen molar-refractivity contribution >= 4 is 23.4 Å². The molecule has 1 aromatic rings. The van der Waals surface area contributed by atoms with E-state index in [-0.39, 0.29) is 24.3 Å². The molecule has 0 radical (unpaired) electrons. The Kier molecular flexibility index (Phi) is 6.24. The minimum absolute atomic E-state index is 0.00320. The van der Waals surface area contributed by atoms with Gasteiger partial charge in [0.2, 0.25) is 5.91 Å². The Bertz CT molecular complexity index is 732. The number of hydrogen-bond acceptors (Lipinski definition) is 3. The molecule has 146 valence electrons. The number of rotatable bonds is 4. The van der Waals surface area contributed by atoms with Crippen molar-refractivity contribution in [2.24, 2.45) is 5.92 Å². The number of nitrogens with one attached hydrogen (secondary N) is 2. The summed E-state index contributed by atoms with van der Waals surface area (Å²) in [6.07, 6.45) is -3.37. The first-order chi connectivity index (χ1) is 12.6. The van der Waals surface area contributed by atoms with Gasteiger partial charge in [0.05, 0.1) is 0 Å². The van der Waals surface area contributed by atoms with Gasteiger partial charge in [-0.05, 0) is 42.7 Å². The quantitative estimate of drug-likeness (QED) is 0.784. The van der Waals surface area contributed by atoms with E-state index in [0.29, 0.717) is 24.2 Å². The van der Waals surface area contributed by atoms with Crippen molar-refractivity contribution in [3.63, 3.8) is 0 Å². The number of hydrogen-bond donors (Lipinski definition) is 2. The summed E-state index contributed by atoms with van der Waals surface area (Å²) in [4.78, 5) is 36.5. The Morgan fingerprint density at radius 3 is 2.41 bits per heavy atom. The van der Waals surface area contributed by atoms with E-state index < -0.39 is 18.1 Å². The molecule has 0 bridgehead atoms. The van der Waals surface area contributed by atoms with Crippen LogP contribution in [0.3, 0.4) is 0 Å². The zero-order valence-corrected chi connectivity index (χ0v) is 14.7. The van der Waals surface area contributed by atoms with E-state index in [4.69, 9.17) is 0 Å². The molecule has 1 saturated heterocycles. The van der Waals surface area contributed by atoms with Gasteiger partial charge in [-0.1, -0.05) is 13.5 Å². The summed E-state index contributed by atoms with van der Waals surface area (Å²) in [6, 6.07) is 5.35. The van der Waals surface area contributed by atoms with Crippen LogP contribution in [0.1, 0.15) is 23.7 Å². The largest absolute Gasteiger partial charge is 0.471 e. The Balaban J connectivity index is 2.04. The monoisotopic (exact) mass is 383 g/mol. The summed E-state index contributed by atoms with van der Waals surface area (Å²) in [5.41, 5.74) is 0.820. The highest BCUT2D eigenvalue weighted by Crippen LogP contribution is 2.22. The number of amides is 3. The molecular formula is C18H20F3N3O3. The second-order valence-corrected chi connectivity index (χ2v) is 6.37. The lowest BCUT2D eigenvalue weighted by molar-refractivity contribution is -0.175. The van der Waals surface area contributed by atoms with Crippen LogP contribution in [-0.2, 0) is 9.59 Å². The maximum absolute atomic E-state index is 12.6. The Hall–Kier alpha value is -2.84. The van der Waals surface area contributed by atoms with Crippen molar-refractivity contribution in [1.82, 2.24) is 10.2 Å². The van der Waals surface area contributed by atoms with Crippen molar-refractivity contribution < 1.29 is 27.6 Å². The second kappa shape index (κ2) is 8.24. The lowest BCUT2D eigenvalue weighted by Crippen LogP contribution is -2.55. The fourth-order valence-electron chi connectivity index (χ4n) is 2.76. The van der Waals surface area contributed by atoms with Gasteiger partial charge in [-0.25, -0.2) is 0 Å². The van der Waals surface area contributed by atoms with Gasteiger partial charge >= 0.3 is 12.1 Å². The van der Waals surface area contributed by atoms with Gasteiger partial charge < -0.3 is 15.5 Å². The zero-order valence-electron chi connectivity index (χ0n) is 14.7. The molecule has 0 aliphatic carbocycles. The second-order valence-electron chi connectivity index (χ2n) is 6.37. The number of alkyl halides is 3. The fourth-order valence-corrected chi connectivity index (χ4v) is 2.76. The van der Waals surface area contributed by atoms with Crippen LogP contribution in [0.2, 0.25) is 0 Å². The summed E-state index contributed by atoms with van der Waals surface area (Å²) in [5, 5.41) is 4.52. The fraction of sp³-hybridized carbons (Fsp3) is 0.389. The third kappa shape index (κ3) is 5.32. The molecule has 2 N–H and O–H groups in total. The number of anilines is 1. The van der Waals surface area contributed by atoms with E-state index in [1.165, 1.54) is 17.0 Å². The van der Waals surface area contributed by atoms with Crippen molar-refractivity contribution in [3.05, 3.63) is 42.5 Å². The minimum atomic E-state index is -4.96. The number of benzene rings is 1. The van der Waals surface area contributed by atoms with E-state index in [9.17, 15) is 27.6 Å². The predicted molar refractivity (Wildman–Crippen MR) is 92.9 cm³/mol. The maximum atomic E-state index is 12.6. The summed E-state index contributed by atoms with van der Waals surface area (Å²) in [5.74, 6) is -2.93. The lowest BCUT2D eigenvalue weighted by atomic mass is 9.93. The van der Waals surface area contributed by atoms with Gasteiger partial charge in [0, 0.05) is 30.4 Å². The number of carbonyl (C=O) groups excluding carboxylic acids is 3. The maximum Gasteiger partial charge on any atom is 0.471 e. The minimum Gasteiger partial charge on any atom is -0.343 e. The van der Waals surface area contributed by atoms with Gasteiger partial charge in [0.25, 0.3) is 5.91 Å². The van der Waals surface area contributed by atoms with Crippen LogP contribution in [0.15, 0.2) is 36.9 Å². The molecular weight excluding hydrogens is 363 g/mol. The van der Waals surface area contributed by atoms with Crippen molar-refractivity contribution in [1.29, 1.82) is 0 Å². The summed E-state index contributed by atoms with van der Waals surface area (Å²) in [6.45, 7) is 5.45. The molecule has 2 rings (SSSR count). The first-order valence-electron chi connectivity index (χ1n) is 8.32. The number of carbonyl (C=O) groups is 3. The van der Waals surface area contributed by atoms with E-state index in [1.807, 2.05) is 5.32 Å². The zero-order chi connectivity index (χ0) is 20.2. The highest BCUT2D eigenvalue weighted by molar-refractivity contribution is 5.99. The van der Waals surface area contributed by atoms with E-state index in [2.05, 4.69) is 11.9 Å². The third-order valence-corrected chi connectivity index (χ3v) is 4.40. The number of piperidine rings is 1. The van der Waals surface area contributed by atoms with Crippen LogP contribution in [0.25, 0.3) is 0 Å². The van der Waals surface area contributed by atoms with E-state index in [0.717, 1.165) is 6.08 Å². The molecule has 1 heterocycles. The molecule has 1 aromatic carbocycles. The number of likely N-dealkylation sites (tertiary alicyclic amines) is 1. The SMILES string of the molecule is C=CC(=O)Nc1ccc(C(=O)N2CCC(C)C(NC(=O)C(F)(F)F)C2)cc1. The molecule has 1 fully saturated rings. The lowest BCUT2D eigenvalue weighted by Gasteiger charge is -2.37. The van der Waals surface area contributed by atoms with Crippen molar-refractivity contribution in [2.75, 3.05) is 18.4 Å². The van der Waals surface area contributed by atoms with E-state index >= 15 is 0 Å². The average molecular weight is 383 g/mol. The predicted octanol–water partition coefficient (Wildman–Crippen LogP) is 2.34. The molecule has 9 heteroatoms. The number of nitrogens with zero attached hydrogens (tertiary/aromatic N) is 1. The van der Waals surface area contributed by atoms with Crippen molar-refractivity contribution in [2.45, 2.75) is 25.6 Å². The van der Waals surface area contributed by atoms with Gasteiger partial charge in [0.15, 0.2) is 0 Å². The van der Waals surface area contributed by atoms with Crippen molar-refractivity contribution in [3.8, 4) is 0 Å². The summed E-state index contributed by atoms with van der Waals surface area (Å²) < 4.78 is 37.4. The molecule has 27 heavy (non-hydrogen) atoms. The van der Waals surface area contributed by atoms with Gasteiger partial charge in [0.1, 0.15) is 0 Å². The highest BCUT2D eigenvalue weighted by atomic mass is 19.4. The molecule has 1 aliphatic heterocycles. The molecule has 0 saturated carbocycles. The molecule has 2 unspecified atom stereocenters. The molecule has 6 nitrogen and oxygen atoms in total. The van der Waals surface area contributed by atoms with Crippen LogP contribution in [-0.4, -0.2) is 47.9 Å². The van der Waals surface area contributed by atoms with E-state index in [1.54, 1.807) is 19.1 Å².